The summed E-state index contributed by atoms with van der Waals surface area (Å²) in [6, 6.07) is 1.86. The van der Waals surface area contributed by atoms with Crippen molar-refractivity contribution in [1.29, 1.82) is 5.26 Å². The standard InChI is InChI=1S/C15H20N2O4S2/c1-6-20-12(18)9(8-16)14-22-10(13(19)21-7-2)11(23-14)17-15(3,4)5/h17H,6-7H2,1-5H3/b14-9+. The van der Waals surface area contributed by atoms with Gasteiger partial charge in [0.1, 0.15) is 11.0 Å². The maximum absolute atomic E-state index is 12.1. The van der Waals surface area contributed by atoms with Crippen LogP contribution < -0.4 is 5.32 Å². The van der Waals surface area contributed by atoms with Crippen LogP contribution >= 0.6 is 23.5 Å². The van der Waals surface area contributed by atoms with Crippen LogP contribution in [0.2, 0.25) is 0 Å². The number of hydrogen-bond donors (Lipinski definition) is 1. The van der Waals surface area contributed by atoms with E-state index in [-0.39, 0.29) is 24.3 Å². The molecule has 0 unspecified atom stereocenters. The van der Waals surface area contributed by atoms with Gasteiger partial charge in [0.15, 0.2) is 5.57 Å². The summed E-state index contributed by atoms with van der Waals surface area (Å²) in [6.45, 7) is 9.67. The molecule has 0 aliphatic carbocycles. The van der Waals surface area contributed by atoms with E-state index in [0.29, 0.717) is 14.2 Å². The molecule has 126 valence electrons. The number of rotatable bonds is 5. The highest BCUT2D eigenvalue weighted by Crippen LogP contribution is 2.50. The van der Waals surface area contributed by atoms with Gasteiger partial charge < -0.3 is 14.8 Å². The number of carbonyl (C=O) groups excluding carboxylic acids is 2. The molecule has 0 aromatic rings. The van der Waals surface area contributed by atoms with Gasteiger partial charge in [-0.2, -0.15) is 5.26 Å². The molecule has 0 fully saturated rings. The highest BCUT2D eigenvalue weighted by molar-refractivity contribution is 8.29. The van der Waals surface area contributed by atoms with Crippen LogP contribution in [0.3, 0.4) is 0 Å². The van der Waals surface area contributed by atoms with Crippen LogP contribution in [-0.4, -0.2) is 30.7 Å². The second-order valence-corrected chi connectivity index (χ2v) is 7.75. The van der Waals surface area contributed by atoms with E-state index in [9.17, 15) is 14.9 Å². The molecular formula is C15H20N2O4S2. The lowest BCUT2D eigenvalue weighted by Crippen LogP contribution is -2.34. The molecule has 0 aromatic heterocycles. The van der Waals surface area contributed by atoms with Crippen LogP contribution in [0.4, 0.5) is 0 Å². The predicted octanol–water partition coefficient (Wildman–Crippen LogP) is 2.88. The summed E-state index contributed by atoms with van der Waals surface area (Å²) >= 11 is 2.23. The van der Waals surface area contributed by atoms with Crippen molar-refractivity contribution in [2.24, 2.45) is 0 Å². The Bertz CT molecular complexity index is 598. The molecular weight excluding hydrogens is 336 g/mol. The Hall–Kier alpha value is -1.59. The van der Waals surface area contributed by atoms with E-state index in [0.717, 1.165) is 11.8 Å². The summed E-state index contributed by atoms with van der Waals surface area (Å²) in [7, 11) is 0. The minimum atomic E-state index is -0.690. The van der Waals surface area contributed by atoms with Crippen molar-refractivity contribution in [2.75, 3.05) is 13.2 Å². The third kappa shape index (κ3) is 5.52. The minimum absolute atomic E-state index is 0.102. The number of nitrogens with zero attached hydrogens (tertiary/aromatic N) is 1. The number of nitrogens with one attached hydrogen (secondary N) is 1. The zero-order valence-electron chi connectivity index (χ0n) is 13.8. The van der Waals surface area contributed by atoms with Crippen molar-refractivity contribution in [2.45, 2.75) is 40.2 Å². The van der Waals surface area contributed by atoms with Crippen molar-refractivity contribution < 1.29 is 19.1 Å². The van der Waals surface area contributed by atoms with Crippen molar-refractivity contribution in [1.82, 2.24) is 5.32 Å². The molecule has 0 atom stereocenters. The molecule has 1 N–H and O–H groups in total. The van der Waals surface area contributed by atoms with E-state index in [1.54, 1.807) is 13.8 Å². The van der Waals surface area contributed by atoms with E-state index in [2.05, 4.69) is 5.32 Å². The maximum Gasteiger partial charge on any atom is 0.350 e. The van der Waals surface area contributed by atoms with Gasteiger partial charge in [0.25, 0.3) is 0 Å². The Labute approximate surface area is 144 Å². The van der Waals surface area contributed by atoms with Gasteiger partial charge in [-0.1, -0.05) is 23.5 Å². The number of thioether (sulfide) groups is 2. The zero-order valence-corrected chi connectivity index (χ0v) is 15.4. The lowest BCUT2D eigenvalue weighted by molar-refractivity contribution is -0.138. The molecule has 1 rings (SSSR count). The predicted molar refractivity (Wildman–Crippen MR) is 91.0 cm³/mol. The zero-order chi connectivity index (χ0) is 17.6. The van der Waals surface area contributed by atoms with Gasteiger partial charge in [0.05, 0.1) is 22.5 Å². The van der Waals surface area contributed by atoms with Crippen LogP contribution in [0.25, 0.3) is 0 Å². The molecule has 0 radical (unpaired) electrons. The SMILES string of the molecule is CCOC(=O)C1=C(NC(C)(C)C)S/C(=C(\C#N)C(=O)OCC)S1. The van der Waals surface area contributed by atoms with E-state index >= 15 is 0 Å². The van der Waals surface area contributed by atoms with Crippen molar-refractivity contribution in [3.63, 3.8) is 0 Å². The number of ether oxygens (including phenoxy) is 2. The van der Waals surface area contributed by atoms with E-state index in [1.807, 2.05) is 26.8 Å². The number of carbonyl (C=O) groups is 2. The molecule has 1 aliphatic heterocycles. The first kappa shape index (κ1) is 19.5. The first-order chi connectivity index (χ1) is 10.7. The fraction of sp³-hybridized carbons (Fsp3) is 0.533. The third-order valence-corrected chi connectivity index (χ3v) is 4.83. The Balaban J connectivity index is 3.17. The molecule has 8 heteroatoms. The highest BCUT2D eigenvalue weighted by Gasteiger charge is 2.33. The van der Waals surface area contributed by atoms with Gasteiger partial charge in [0, 0.05) is 5.54 Å². The van der Waals surface area contributed by atoms with Gasteiger partial charge in [-0.05, 0) is 34.6 Å². The van der Waals surface area contributed by atoms with E-state index in [1.165, 1.54) is 11.8 Å². The average Bonchev–Trinajstić information content (AvgIpc) is 2.81. The summed E-state index contributed by atoms with van der Waals surface area (Å²) in [6.07, 6.45) is 0. The Kier molecular flexibility index (Phi) is 7.03. The first-order valence-corrected chi connectivity index (χ1v) is 8.73. The molecule has 1 aliphatic rings. The number of hydrogen-bond acceptors (Lipinski definition) is 8. The molecule has 6 nitrogen and oxygen atoms in total. The Morgan fingerprint density at radius 2 is 1.78 bits per heavy atom. The minimum Gasteiger partial charge on any atom is -0.462 e. The van der Waals surface area contributed by atoms with Crippen LogP contribution in [-0.2, 0) is 19.1 Å². The molecule has 0 aromatic carbocycles. The molecule has 23 heavy (non-hydrogen) atoms. The Morgan fingerprint density at radius 3 is 2.26 bits per heavy atom. The van der Waals surface area contributed by atoms with Crippen molar-refractivity contribution in [3.05, 3.63) is 19.7 Å². The van der Waals surface area contributed by atoms with Gasteiger partial charge in [-0.3, -0.25) is 0 Å². The molecule has 1 heterocycles. The van der Waals surface area contributed by atoms with E-state index in [4.69, 9.17) is 9.47 Å². The summed E-state index contributed by atoms with van der Waals surface area (Å²) in [4.78, 5) is 24.3. The van der Waals surface area contributed by atoms with Crippen LogP contribution in [0, 0.1) is 11.3 Å². The lowest BCUT2D eigenvalue weighted by atomic mass is 10.1. The summed E-state index contributed by atoms with van der Waals surface area (Å²) in [5.74, 6) is -1.17. The van der Waals surface area contributed by atoms with Crippen LogP contribution in [0.15, 0.2) is 19.7 Å². The fourth-order valence-corrected chi connectivity index (χ4v) is 4.10. The molecule has 0 spiro atoms. The second-order valence-electron chi connectivity index (χ2n) is 5.45. The molecule has 0 amide bonds. The Morgan fingerprint density at radius 1 is 1.17 bits per heavy atom. The van der Waals surface area contributed by atoms with E-state index < -0.39 is 11.9 Å². The average molecular weight is 356 g/mol. The molecule has 0 bridgehead atoms. The highest BCUT2D eigenvalue weighted by atomic mass is 32.2. The topological polar surface area (TPSA) is 88.4 Å². The van der Waals surface area contributed by atoms with Gasteiger partial charge >= 0.3 is 11.9 Å². The van der Waals surface area contributed by atoms with Crippen LogP contribution in [0.1, 0.15) is 34.6 Å². The van der Waals surface area contributed by atoms with Crippen molar-refractivity contribution >= 4 is 35.5 Å². The summed E-state index contributed by atoms with van der Waals surface area (Å²) in [5, 5.41) is 13.0. The number of nitriles is 1. The lowest BCUT2D eigenvalue weighted by Gasteiger charge is -2.22. The molecule has 0 saturated carbocycles. The summed E-state index contributed by atoms with van der Waals surface area (Å²) < 4.78 is 10.4. The van der Waals surface area contributed by atoms with Crippen LogP contribution in [0.5, 0.6) is 0 Å². The third-order valence-electron chi connectivity index (χ3n) is 2.34. The van der Waals surface area contributed by atoms with Gasteiger partial charge in [0.2, 0.25) is 0 Å². The first-order valence-electron chi connectivity index (χ1n) is 7.10. The normalized spacial score (nSPS) is 16.7. The monoisotopic (exact) mass is 356 g/mol. The van der Waals surface area contributed by atoms with Gasteiger partial charge in [-0.15, -0.1) is 0 Å². The largest absolute Gasteiger partial charge is 0.462 e. The fourth-order valence-electron chi connectivity index (χ4n) is 1.53. The maximum atomic E-state index is 12.1. The molecule has 0 saturated heterocycles. The summed E-state index contributed by atoms with van der Waals surface area (Å²) in [5.41, 5.74) is -0.387. The second kappa shape index (κ2) is 8.31. The smallest absolute Gasteiger partial charge is 0.350 e. The quantitative estimate of drug-likeness (QED) is 0.457. The van der Waals surface area contributed by atoms with Crippen molar-refractivity contribution in [3.8, 4) is 6.07 Å². The number of esters is 2. The van der Waals surface area contributed by atoms with Gasteiger partial charge in [-0.25, -0.2) is 9.59 Å².